The molecule has 1 atom stereocenters. The predicted molar refractivity (Wildman–Crippen MR) is 148 cm³/mol. The van der Waals surface area contributed by atoms with Crippen LogP contribution in [0.2, 0.25) is 0 Å². The number of anilines is 1. The maximum atomic E-state index is 13.5. The van der Waals surface area contributed by atoms with Gasteiger partial charge in [0, 0.05) is 24.4 Å². The van der Waals surface area contributed by atoms with E-state index < -0.39 is 12.1 Å². The average Bonchev–Trinajstić information content (AvgIpc) is 2.98. The summed E-state index contributed by atoms with van der Waals surface area (Å²) in [6.07, 6.45) is 1.30. The van der Waals surface area contributed by atoms with E-state index in [1.807, 2.05) is 54.6 Å². The van der Waals surface area contributed by atoms with Crippen LogP contribution < -0.4 is 10.0 Å². The van der Waals surface area contributed by atoms with Gasteiger partial charge in [-0.2, -0.15) is 13.2 Å². The van der Waals surface area contributed by atoms with Crippen molar-refractivity contribution in [1.29, 1.82) is 0 Å². The first kappa shape index (κ1) is 29.9. The molecule has 216 valence electrons. The minimum absolute atomic E-state index is 0.0258. The fourth-order valence-corrected chi connectivity index (χ4v) is 5.42. The highest BCUT2D eigenvalue weighted by Crippen LogP contribution is 2.36. The van der Waals surface area contributed by atoms with Gasteiger partial charge in [0.1, 0.15) is 12.5 Å². The van der Waals surface area contributed by atoms with Crippen molar-refractivity contribution in [3.8, 4) is 0 Å². The average molecular weight is 567 g/mol. The van der Waals surface area contributed by atoms with Crippen LogP contribution in [0.3, 0.4) is 0 Å². The molecule has 41 heavy (non-hydrogen) atoms. The molecule has 3 aromatic rings. The van der Waals surface area contributed by atoms with Crippen LogP contribution >= 0.6 is 0 Å². The van der Waals surface area contributed by atoms with Gasteiger partial charge in [-0.1, -0.05) is 84.9 Å². The molecule has 6 nitrogen and oxygen atoms in total. The second kappa shape index (κ2) is 13.5. The zero-order valence-corrected chi connectivity index (χ0v) is 22.6. The Morgan fingerprint density at radius 2 is 1.44 bits per heavy atom. The van der Waals surface area contributed by atoms with Crippen molar-refractivity contribution >= 4 is 23.8 Å². The van der Waals surface area contributed by atoms with E-state index in [2.05, 4.69) is 48.6 Å². The van der Waals surface area contributed by atoms with Gasteiger partial charge in [0.2, 0.25) is 0 Å². The van der Waals surface area contributed by atoms with Gasteiger partial charge in [0.15, 0.2) is 6.10 Å². The molecule has 3 fully saturated rings. The molecule has 3 heterocycles. The quantitative estimate of drug-likeness (QED) is 0.357. The van der Waals surface area contributed by atoms with Crippen molar-refractivity contribution in [2.45, 2.75) is 31.7 Å². The van der Waals surface area contributed by atoms with Crippen LogP contribution in [0.1, 0.15) is 24.0 Å². The normalized spacial score (nSPS) is 21.5. The molecule has 9 heteroatoms. The predicted octanol–water partition coefficient (Wildman–Crippen LogP) is 5.45. The maximum absolute atomic E-state index is 13.5. The topological polar surface area (TPSA) is 69.7 Å². The van der Waals surface area contributed by atoms with Gasteiger partial charge in [0.05, 0.1) is 26.2 Å². The number of aliphatic carboxylic acids is 1. The molecule has 0 aliphatic carbocycles. The summed E-state index contributed by atoms with van der Waals surface area (Å²) in [4.78, 5) is 24.0. The highest BCUT2D eigenvalue weighted by Gasteiger charge is 2.47. The van der Waals surface area contributed by atoms with Crippen LogP contribution in [0.4, 0.5) is 23.7 Å². The van der Waals surface area contributed by atoms with Crippen LogP contribution in [0, 0.1) is 5.92 Å². The number of hydrogen-bond donors (Lipinski definition) is 0. The number of carboxylic acid groups (broad SMARTS) is 1. The number of halogens is 3. The molecular weight excluding hydrogens is 533 g/mol. The number of alkyl halides is 3. The summed E-state index contributed by atoms with van der Waals surface area (Å²) >= 11 is 0. The minimum atomic E-state index is -5.19. The second-order valence-electron chi connectivity index (χ2n) is 10.4. The van der Waals surface area contributed by atoms with Crippen molar-refractivity contribution < 1.29 is 37.1 Å². The van der Waals surface area contributed by atoms with Gasteiger partial charge in [-0.3, -0.25) is 4.90 Å². The highest BCUT2D eigenvalue weighted by molar-refractivity contribution is 5.87. The monoisotopic (exact) mass is 566 g/mol. The molecule has 2 bridgehead atoms. The van der Waals surface area contributed by atoms with Gasteiger partial charge in [-0.25, -0.2) is 4.79 Å². The van der Waals surface area contributed by atoms with Crippen molar-refractivity contribution in [2.75, 3.05) is 31.1 Å². The van der Waals surface area contributed by atoms with E-state index in [4.69, 9.17) is 14.6 Å². The second-order valence-corrected chi connectivity index (χ2v) is 10.4. The van der Waals surface area contributed by atoms with Crippen molar-refractivity contribution in [1.82, 2.24) is 0 Å². The first-order chi connectivity index (χ1) is 19.7. The summed E-state index contributed by atoms with van der Waals surface area (Å²) in [6, 6.07) is 30.4. The number of amides is 1. The number of benzene rings is 3. The van der Waals surface area contributed by atoms with E-state index in [-0.39, 0.29) is 12.2 Å². The highest BCUT2D eigenvalue weighted by atomic mass is 19.4. The summed E-state index contributed by atoms with van der Waals surface area (Å²) in [6.45, 7) is 4.74. The number of carboxylic acids is 1. The Morgan fingerprint density at radius 1 is 0.902 bits per heavy atom. The Hall–Kier alpha value is -4.11. The molecule has 0 N–H and O–H groups in total. The lowest BCUT2D eigenvalue weighted by Crippen LogP contribution is -2.64. The summed E-state index contributed by atoms with van der Waals surface area (Å²) in [5.74, 6) is -2.54. The number of carbonyl (C=O) groups is 2. The summed E-state index contributed by atoms with van der Waals surface area (Å²) in [7, 11) is 0. The van der Waals surface area contributed by atoms with Crippen molar-refractivity contribution in [3.63, 3.8) is 0 Å². The smallest absolute Gasteiger partial charge is 0.430 e. The lowest BCUT2D eigenvalue weighted by molar-refractivity contribution is -0.941. The van der Waals surface area contributed by atoms with Gasteiger partial charge in [-0.05, 0) is 29.3 Å². The molecule has 3 aliphatic heterocycles. The van der Waals surface area contributed by atoms with Gasteiger partial charge < -0.3 is 19.1 Å². The number of quaternary nitrogens is 1. The number of nitrogens with zero attached hydrogens (tertiary/aromatic N) is 2. The molecule has 0 aromatic heterocycles. The van der Waals surface area contributed by atoms with E-state index >= 15 is 0 Å². The van der Waals surface area contributed by atoms with E-state index in [9.17, 15) is 18.0 Å². The Bertz CT molecular complexity index is 1290. The largest absolute Gasteiger partial charge is 0.542 e. The fourth-order valence-electron chi connectivity index (χ4n) is 5.42. The number of hydrogen-bond acceptors (Lipinski definition) is 4. The van der Waals surface area contributed by atoms with Crippen LogP contribution in [-0.4, -0.2) is 55.0 Å². The first-order valence-corrected chi connectivity index (χ1v) is 13.6. The van der Waals surface area contributed by atoms with E-state index in [0.29, 0.717) is 12.5 Å². The Morgan fingerprint density at radius 3 is 2.00 bits per heavy atom. The van der Waals surface area contributed by atoms with E-state index in [1.165, 1.54) is 18.7 Å². The third-order valence-electron chi connectivity index (χ3n) is 7.60. The molecule has 0 spiro atoms. The molecule has 3 aromatic carbocycles. The van der Waals surface area contributed by atoms with Crippen LogP contribution in [0.15, 0.2) is 97.1 Å². The molecule has 0 radical (unpaired) electrons. The number of para-hydroxylation sites is 1. The van der Waals surface area contributed by atoms with E-state index in [1.54, 1.807) is 4.90 Å². The summed E-state index contributed by atoms with van der Waals surface area (Å²) < 4.78 is 38.8. The standard InChI is InChI=1S/C30H33N2O2.C2HF3O2/c33-30(31(28-16-8-3-9-17-28)23-26-13-6-2-7-14-26)34-29-24-32(21-18-27(29)19-22-32)20-10-15-25-11-4-1-5-12-25;3-2(4,5)1(6)7/h1-17,27,29H,18-24H2;(H,6,7)/q+1;/p-1/t27?,29-,32?;/m0./s1. The molecule has 3 saturated heterocycles. The fraction of sp³-hybridized carbons (Fsp3) is 0.312. The SMILES string of the molecule is O=C(O[C@H]1C[N+]2(CC=Cc3ccccc3)CCC1CC2)N(Cc1ccccc1)c1ccccc1.O=C([O-])C(F)(F)F. The molecular formula is C32H33F3N2O4. The summed E-state index contributed by atoms with van der Waals surface area (Å²) in [5.41, 5.74) is 3.19. The molecule has 0 unspecified atom stereocenters. The number of fused-ring (bicyclic) bond motifs is 3. The maximum Gasteiger partial charge on any atom is 0.430 e. The Kier molecular flexibility index (Phi) is 9.83. The molecule has 0 saturated carbocycles. The number of rotatable bonds is 7. The molecule has 6 rings (SSSR count). The zero-order chi connectivity index (χ0) is 29.3. The lowest BCUT2D eigenvalue weighted by atomic mass is 9.83. The number of ether oxygens (including phenoxy) is 1. The van der Waals surface area contributed by atoms with Crippen LogP contribution in [0.25, 0.3) is 6.08 Å². The van der Waals surface area contributed by atoms with E-state index in [0.717, 1.165) is 41.7 Å². The zero-order valence-electron chi connectivity index (χ0n) is 22.6. The van der Waals surface area contributed by atoms with Crippen LogP contribution in [-0.2, 0) is 16.1 Å². The summed E-state index contributed by atoms with van der Waals surface area (Å²) in [5, 5.41) is 8.78. The van der Waals surface area contributed by atoms with Crippen LogP contribution in [0.5, 0.6) is 0 Å². The number of carbonyl (C=O) groups excluding carboxylic acids is 2. The molecule has 1 amide bonds. The van der Waals surface area contributed by atoms with Gasteiger partial charge >= 0.3 is 12.3 Å². The Labute approximate surface area is 237 Å². The Balaban J connectivity index is 0.000000493. The third kappa shape index (κ3) is 8.44. The van der Waals surface area contributed by atoms with Gasteiger partial charge in [-0.15, -0.1) is 0 Å². The van der Waals surface area contributed by atoms with Crippen molar-refractivity contribution in [3.05, 3.63) is 108 Å². The van der Waals surface area contributed by atoms with Crippen molar-refractivity contribution in [2.24, 2.45) is 5.92 Å². The minimum Gasteiger partial charge on any atom is -0.542 e. The first-order valence-electron chi connectivity index (χ1n) is 13.6. The number of piperidine rings is 3. The lowest BCUT2D eigenvalue weighted by Gasteiger charge is -2.51. The third-order valence-corrected chi connectivity index (χ3v) is 7.60. The molecule has 3 aliphatic rings. The van der Waals surface area contributed by atoms with Gasteiger partial charge in [0.25, 0.3) is 0 Å².